The van der Waals surface area contributed by atoms with Gasteiger partial charge in [0.2, 0.25) is 11.2 Å². The first-order valence-corrected chi connectivity index (χ1v) is 5.55. The van der Waals surface area contributed by atoms with E-state index >= 15 is 0 Å². The second-order valence-corrected chi connectivity index (χ2v) is 4.26. The number of halogens is 3. The van der Waals surface area contributed by atoms with E-state index in [4.69, 9.17) is 5.11 Å². The van der Waals surface area contributed by atoms with E-state index in [1.165, 1.54) is 19.1 Å². The van der Waals surface area contributed by atoms with Crippen molar-refractivity contribution in [3.05, 3.63) is 39.9 Å². The van der Waals surface area contributed by atoms with Crippen LogP contribution in [-0.2, 0) is 0 Å². The molecule has 1 aromatic heterocycles. The Morgan fingerprint density at radius 2 is 1.90 bits per heavy atom. The summed E-state index contributed by atoms with van der Waals surface area (Å²) < 4.78 is 45.7. The van der Waals surface area contributed by atoms with E-state index in [0.717, 1.165) is 10.9 Å². The van der Waals surface area contributed by atoms with Crippen molar-refractivity contribution in [1.82, 2.24) is 4.68 Å². The molecule has 2 rings (SSSR count). The Balaban J connectivity index is 2.97. The van der Waals surface area contributed by atoms with Gasteiger partial charge in [-0.25, -0.2) is 18.0 Å². The van der Waals surface area contributed by atoms with Gasteiger partial charge < -0.3 is 14.9 Å². The van der Waals surface area contributed by atoms with Crippen molar-refractivity contribution in [2.24, 2.45) is 0 Å². The molecule has 0 saturated carbocycles. The van der Waals surface area contributed by atoms with E-state index in [-0.39, 0.29) is 0 Å². The predicted molar refractivity (Wildman–Crippen MR) is 66.8 cm³/mol. The van der Waals surface area contributed by atoms with Crippen LogP contribution in [0.4, 0.5) is 18.0 Å². The zero-order valence-corrected chi connectivity index (χ0v) is 10.9. The molecule has 0 aliphatic rings. The molecule has 0 atom stereocenters. The van der Waals surface area contributed by atoms with E-state index in [0.29, 0.717) is 6.07 Å². The van der Waals surface area contributed by atoms with Crippen LogP contribution in [0.3, 0.4) is 0 Å². The van der Waals surface area contributed by atoms with Crippen molar-refractivity contribution in [2.75, 3.05) is 19.1 Å². The molecule has 9 heteroatoms. The highest BCUT2D eigenvalue weighted by Gasteiger charge is 2.22. The fourth-order valence-corrected chi connectivity index (χ4v) is 1.83. The number of carboxylic acid groups (broad SMARTS) is 1. The molecule has 0 radical (unpaired) electrons. The Morgan fingerprint density at radius 1 is 1.29 bits per heavy atom. The first kappa shape index (κ1) is 14.7. The summed E-state index contributed by atoms with van der Waals surface area (Å²) in [6, 6.07) is 0.491. The molecule has 112 valence electrons. The lowest BCUT2D eigenvalue weighted by molar-refractivity contribution is 0.143. The van der Waals surface area contributed by atoms with Crippen LogP contribution in [0.1, 0.15) is 0 Å². The standard InChI is InChI=1S/C12H9F3N2O4/c1-16(2)17-4-7(21-12(19)20)11(18)5-3-6(13)8(14)9(15)10(5)17/h3-4H,1-2H3,(H,19,20). The zero-order chi connectivity index (χ0) is 15.9. The summed E-state index contributed by atoms with van der Waals surface area (Å²) in [4.78, 5) is 22.5. The summed E-state index contributed by atoms with van der Waals surface area (Å²) >= 11 is 0. The van der Waals surface area contributed by atoms with Crippen LogP contribution in [0.25, 0.3) is 10.9 Å². The molecule has 1 aromatic carbocycles. The van der Waals surface area contributed by atoms with Gasteiger partial charge in [-0.1, -0.05) is 0 Å². The number of ether oxygens (including phenoxy) is 1. The number of hydrogen-bond donors (Lipinski definition) is 1. The Labute approximate surface area is 115 Å². The highest BCUT2D eigenvalue weighted by molar-refractivity contribution is 5.82. The average molecular weight is 302 g/mol. The number of fused-ring (bicyclic) bond motifs is 1. The lowest BCUT2D eigenvalue weighted by Gasteiger charge is -2.20. The fraction of sp³-hybridized carbons (Fsp3) is 0.167. The van der Waals surface area contributed by atoms with Gasteiger partial charge in [-0.05, 0) is 6.07 Å². The molecule has 2 aromatic rings. The first-order chi connectivity index (χ1) is 9.73. The monoisotopic (exact) mass is 302 g/mol. The predicted octanol–water partition coefficient (Wildman–Crippen LogP) is 1.67. The molecule has 0 bridgehead atoms. The van der Waals surface area contributed by atoms with Gasteiger partial charge in [-0.2, -0.15) is 0 Å². The minimum Gasteiger partial charge on any atom is -0.449 e. The van der Waals surface area contributed by atoms with E-state index in [9.17, 15) is 22.8 Å². The number of hydrogen-bond acceptors (Lipinski definition) is 4. The summed E-state index contributed by atoms with van der Waals surface area (Å²) in [6.07, 6.45) is -0.890. The molecule has 0 aliphatic carbocycles. The molecule has 0 spiro atoms. The molecule has 1 heterocycles. The first-order valence-electron chi connectivity index (χ1n) is 5.55. The lowest BCUT2D eigenvalue weighted by atomic mass is 10.2. The maximum Gasteiger partial charge on any atom is 0.511 e. The van der Waals surface area contributed by atoms with E-state index < -0.39 is 45.7 Å². The third-order valence-corrected chi connectivity index (χ3v) is 2.70. The van der Waals surface area contributed by atoms with E-state index in [1.54, 1.807) is 0 Å². The number of aromatic nitrogens is 1. The van der Waals surface area contributed by atoms with Gasteiger partial charge in [0.15, 0.2) is 17.5 Å². The SMILES string of the molecule is CN(C)n1cc(OC(=O)O)c(=O)c2cc(F)c(F)c(F)c21. The number of rotatable bonds is 2. The number of benzene rings is 1. The Morgan fingerprint density at radius 3 is 2.43 bits per heavy atom. The third-order valence-electron chi connectivity index (χ3n) is 2.70. The molecule has 21 heavy (non-hydrogen) atoms. The van der Waals surface area contributed by atoms with Crippen LogP contribution >= 0.6 is 0 Å². The number of carbonyl (C=O) groups is 1. The van der Waals surface area contributed by atoms with Gasteiger partial charge in [-0.15, -0.1) is 0 Å². The van der Waals surface area contributed by atoms with Crippen LogP contribution in [0.15, 0.2) is 17.1 Å². The Bertz CT molecular complexity index is 801. The minimum atomic E-state index is -1.76. The summed E-state index contributed by atoms with van der Waals surface area (Å²) in [5, 5.41) is 9.24. The second kappa shape index (κ2) is 5.00. The van der Waals surface area contributed by atoms with E-state index in [2.05, 4.69) is 4.74 Å². The van der Waals surface area contributed by atoms with E-state index in [1.807, 2.05) is 0 Å². The normalized spacial score (nSPS) is 10.7. The molecule has 0 aliphatic heterocycles. The molecular weight excluding hydrogens is 293 g/mol. The van der Waals surface area contributed by atoms with Crippen molar-refractivity contribution in [1.29, 1.82) is 0 Å². The van der Waals surface area contributed by atoms with Crippen LogP contribution < -0.4 is 15.2 Å². The Kier molecular flexibility index (Phi) is 3.50. The average Bonchev–Trinajstić information content (AvgIpc) is 2.39. The smallest absolute Gasteiger partial charge is 0.449 e. The maximum absolute atomic E-state index is 13.9. The van der Waals surface area contributed by atoms with Crippen LogP contribution in [0.2, 0.25) is 0 Å². The Hall–Kier alpha value is -2.71. The summed E-state index contributed by atoms with van der Waals surface area (Å²) in [6.45, 7) is 0. The second-order valence-electron chi connectivity index (χ2n) is 4.26. The summed E-state index contributed by atoms with van der Waals surface area (Å²) in [5.74, 6) is -5.51. The van der Waals surface area contributed by atoms with Gasteiger partial charge in [0.1, 0.15) is 5.52 Å². The quantitative estimate of drug-likeness (QED) is 0.675. The van der Waals surface area contributed by atoms with Crippen molar-refractivity contribution in [3.8, 4) is 5.75 Å². The highest BCUT2D eigenvalue weighted by Crippen LogP contribution is 2.23. The van der Waals surface area contributed by atoms with Crippen LogP contribution in [0.5, 0.6) is 5.75 Å². The molecule has 0 saturated heterocycles. The molecule has 0 amide bonds. The topological polar surface area (TPSA) is 71.8 Å². The summed E-state index contributed by atoms with van der Waals surface area (Å²) in [7, 11) is 2.85. The fourth-order valence-electron chi connectivity index (χ4n) is 1.83. The molecule has 1 N–H and O–H groups in total. The number of pyridine rings is 1. The van der Waals surface area contributed by atoms with Gasteiger partial charge in [0.05, 0.1) is 11.6 Å². The van der Waals surface area contributed by atoms with Gasteiger partial charge >= 0.3 is 6.16 Å². The largest absolute Gasteiger partial charge is 0.511 e. The molecule has 6 nitrogen and oxygen atoms in total. The molecule has 0 fully saturated rings. The van der Waals surface area contributed by atoms with Gasteiger partial charge in [-0.3, -0.25) is 9.47 Å². The van der Waals surface area contributed by atoms with Gasteiger partial charge in [0, 0.05) is 14.1 Å². The maximum atomic E-state index is 13.9. The van der Waals surface area contributed by atoms with Crippen molar-refractivity contribution >= 4 is 17.1 Å². The highest BCUT2D eigenvalue weighted by atomic mass is 19.2. The van der Waals surface area contributed by atoms with Crippen molar-refractivity contribution in [3.63, 3.8) is 0 Å². The van der Waals surface area contributed by atoms with Crippen molar-refractivity contribution < 1.29 is 27.8 Å². The molecular formula is C12H9F3N2O4. The zero-order valence-electron chi connectivity index (χ0n) is 10.9. The summed E-state index contributed by atoms with van der Waals surface area (Å²) in [5.41, 5.74) is -1.59. The minimum absolute atomic E-state index is 0.491. The van der Waals surface area contributed by atoms with Crippen LogP contribution in [0, 0.1) is 17.5 Å². The van der Waals surface area contributed by atoms with Crippen LogP contribution in [-0.4, -0.2) is 30.0 Å². The van der Waals surface area contributed by atoms with Gasteiger partial charge in [0.25, 0.3) is 0 Å². The third kappa shape index (κ3) is 2.37. The lowest BCUT2D eigenvalue weighted by Crippen LogP contribution is -2.29. The number of nitrogens with zero attached hydrogens (tertiary/aromatic N) is 2. The van der Waals surface area contributed by atoms with Crippen molar-refractivity contribution in [2.45, 2.75) is 0 Å². The molecule has 0 unspecified atom stereocenters.